The highest BCUT2D eigenvalue weighted by Crippen LogP contribution is 2.35. The summed E-state index contributed by atoms with van der Waals surface area (Å²) in [6.07, 6.45) is 5.55. The molecule has 1 aliphatic rings. The maximum Gasteiger partial charge on any atom is 0.225 e. The van der Waals surface area contributed by atoms with Gasteiger partial charge in [-0.2, -0.15) is 0 Å². The van der Waals surface area contributed by atoms with Crippen LogP contribution in [0, 0.1) is 0 Å². The number of aromatic nitrogens is 2. The van der Waals surface area contributed by atoms with Crippen molar-refractivity contribution in [3.05, 3.63) is 76.6 Å². The fraction of sp³-hybridized carbons (Fsp3) is 0.269. The monoisotopic (exact) mass is 413 g/mol. The zero-order valence-electron chi connectivity index (χ0n) is 18.0. The molecule has 0 saturated heterocycles. The number of nitrogens with one attached hydrogen (secondary N) is 1. The first-order valence-corrected chi connectivity index (χ1v) is 10.7. The zero-order chi connectivity index (χ0) is 21.8. The Bertz CT molecular complexity index is 1130. The van der Waals surface area contributed by atoms with E-state index in [1.165, 1.54) is 5.56 Å². The summed E-state index contributed by atoms with van der Waals surface area (Å²) in [5.74, 6) is 0.737. The lowest BCUT2D eigenvalue weighted by Crippen LogP contribution is -2.17. The molecule has 0 radical (unpaired) electrons. The van der Waals surface area contributed by atoms with Crippen molar-refractivity contribution in [2.75, 3.05) is 5.32 Å². The van der Waals surface area contributed by atoms with Crippen LogP contribution in [0.1, 0.15) is 49.2 Å². The molecule has 0 saturated carbocycles. The molecule has 31 heavy (non-hydrogen) atoms. The highest BCUT2D eigenvalue weighted by molar-refractivity contribution is 5.91. The van der Waals surface area contributed by atoms with E-state index in [4.69, 9.17) is 9.97 Å². The van der Waals surface area contributed by atoms with Crippen LogP contribution in [0.5, 0.6) is 5.75 Å². The van der Waals surface area contributed by atoms with Crippen molar-refractivity contribution in [3.8, 4) is 17.0 Å². The van der Waals surface area contributed by atoms with Gasteiger partial charge in [0.2, 0.25) is 5.91 Å². The van der Waals surface area contributed by atoms with Gasteiger partial charge >= 0.3 is 0 Å². The third-order valence-corrected chi connectivity index (χ3v) is 5.37. The van der Waals surface area contributed by atoms with Crippen molar-refractivity contribution in [2.45, 2.75) is 46.0 Å². The Balaban J connectivity index is 1.55. The summed E-state index contributed by atoms with van der Waals surface area (Å²) in [5.41, 5.74) is 6.75. The molecule has 2 N–H and O–H groups in total. The summed E-state index contributed by atoms with van der Waals surface area (Å²) >= 11 is 0. The van der Waals surface area contributed by atoms with Gasteiger partial charge in [-0.3, -0.25) is 4.79 Å². The Morgan fingerprint density at radius 3 is 2.68 bits per heavy atom. The summed E-state index contributed by atoms with van der Waals surface area (Å²) in [4.78, 5) is 22.3. The molecule has 0 aliphatic heterocycles. The van der Waals surface area contributed by atoms with Crippen LogP contribution in [0.3, 0.4) is 0 Å². The van der Waals surface area contributed by atoms with Crippen molar-refractivity contribution in [3.63, 3.8) is 0 Å². The lowest BCUT2D eigenvalue weighted by Gasteiger charge is -2.20. The van der Waals surface area contributed by atoms with Gasteiger partial charge in [0.05, 0.1) is 11.4 Å². The van der Waals surface area contributed by atoms with Crippen molar-refractivity contribution < 1.29 is 9.90 Å². The summed E-state index contributed by atoms with van der Waals surface area (Å²) in [6, 6.07) is 15.6. The Labute approximate surface area is 182 Å². The fourth-order valence-electron chi connectivity index (χ4n) is 3.90. The van der Waals surface area contributed by atoms with Gasteiger partial charge < -0.3 is 10.4 Å². The maximum absolute atomic E-state index is 12.6. The van der Waals surface area contributed by atoms with Crippen LogP contribution in [0.4, 0.5) is 5.82 Å². The number of hydrogen-bond acceptors (Lipinski definition) is 4. The lowest BCUT2D eigenvalue weighted by molar-refractivity contribution is -0.116. The average Bonchev–Trinajstić information content (AvgIpc) is 2.74. The first-order chi connectivity index (χ1) is 15.0. The number of allylic oxidation sites excluding steroid dienone is 1. The molecule has 158 valence electrons. The standard InChI is InChI=1S/C26H27N3O2/c1-17(2)15-23-26(29-24(31)10-6-9-18-7-4-3-5-8-18)28-22-14-11-19-16-20(30)12-13-21(19)25(22)27-23/h3-5,7-8,12-13,15-16,30H,6,9-11,14H2,1-2H3,(H,28,29,31). The van der Waals surface area contributed by atoms with Crippen molar-refractivity contribution in [1.29, 1.82) is 0 Å². The molecular weight excluding hydrogens is 386 g/mol. The zero-order valence-corrected chi connectivity index (χ0v) is 18.0. The van der Waals surface area contributed by atoms with E-state index in [-0.39, 0.29) is 11.7 Å². The Morgan fingerprint density at radius 2 is 1.90 bits per heavy atom. The minimum absolute atomic E-state index is 0.0466. The van der Waals surface area contributed by atoms with E-state index in [0.717, 1.165) is 53.8 Å². The van der Waals surface area contributed by atoms with E-state index in [1.807, 2.05) is 44.2 Å². The molecule has 1 amide bonds. The maximum atomic E-state index is 12.6. The minimum atomic E-state index is -0.0466. The number of carbonyl (C=O) groups excluding carboxylic acids is 1. The Kier molecular flexibility index (Phi) is 6.12. The number of rotatable bonds is 6. The van der Waals surface area contributed by atoms with Crippen LogP contribution < -0.4 is 5.32 Å². The minimum Gasteiger partial charge on any atom is -0.508 e. The van der Waals surface area contributed by atoms with Gasteiger partial charge in [-0.15, -0.1) is 0 Å². The summed E-state index contributed by atoms with van der Waals surface area (Å²) < 4.78 is 0. The predicted octanol–water partition coefficient (Wildman–Crippen LogP) is 5.33. The van der Waals surface area contributed by atoms with Crippen molar-refractivity contribution in [2.24, 2.45) is 0 Å². The normalized spacial score (nSPS) is 11.9. The van der Waals surface area contributed by atoms with Crippen LogP contribution in [0.2, 0.25) is 0 Å². The SMILES string of the molecule is CC(C)=Cc1nc2c(nc1NC(=O)CCCc1ccccc1)CCc1cc(O)ccc1-2. The largest absolute Gasteiger partial charge is 0.508 e. The van der Waals surface area contributed by atoms with Crippen LogP contribution in [-0.2, 0) is 24.1 Å². The number of carbonyl (C=O) groups is 1. The molecule has 5 nitrogen and oxygen atoms in total. The lowest BCUT2D eigenvalue weighted by atomic mass is 9.91. The fourth-order valence-corrected chi connectivity index (χ4v) is 3.90. The number of anilines is 1. The molecular formula is C26H27N3O2. The van der Waals surface area contributed by atoms with Gasteiger partial charge in [-0.05, 0) is 74.9 Å². The number of nitrogens with zero attached hydrogens (tertiary/aromatic N) is 2. The quantitative estimate of drug-likeness (QED) is 0.573. The molecule has 1 aromatic heterocycles. The van der Waals surface area contributed by atoms with E-state index >= 15 is 0 Å². The predicted molar refractivity (Wildman–Crippen MR) is 124 cm³/mol. The molecule has 2 aromatic carbocycles. The highest BCUT2D eigenvalue weighted by atomic mass is 16.3. The molecule has 4 rings (SSSR count). The number of fused-ring (bicyclic) bond motifs is 3. The number of phenolic OH excluding ortho intramolecular Hbond substituents is 1. The third-order valence-electron chi connectivity index (χ3n) is 5.37. The number of benzene rings is 2. The number of aryl methyl sites for hydroxylation is 3. The number of aromatic hydroxyl groups is 1. The van der Waals surface area contributed by atoms with Crippen LogP contribution >= 0.6 is 0 Å². The van der Waals surface area contributed by atoms with Crippen LogP contribution in [-0.4, -0.2) is 21.0 Å². The van der Waals surface area contributed by atoms with Crippen molar-refractivity contribution in [1.82, 2.24) is 9.97 Å². The van der Waals surface area contributed by atoms with Crippen LogP contribution in [0.25, 0.3) is 17.3 Å². The second-order valence-electron chi connectivity index (χ2n) is 8.20. The first-order valence-electron chi connectivity index (χ1n) is 10.7. The number of hydrogen-bond donors (Lipinski definition) is 2. The van der Waals surface area contributed by atoms with E-state index < -0.39 is 0 Å². The molecule has 5 heteroatoms. The topological polar surface area (TPSA) is 75.1 Å². The summed E-state index contributed by atoms with van der Waals surface area (Å²) in [7, 11) is 0. The summed E-state index contributed by atoms with van der Waals surface area (Å²) in [6.45, 7) is 4.00. The van der Waals surface area contributed by atoms with E-state index in [0.29, 0.717) is 17.9 Å². The van der Waals surface area contributed by atoms with Gasteiger partial charge in [-0.25, -0.2) is 9.97 Å². The molecule has 3 aromatic rings. The van der Waals surface area contributed by atoms with Gasteiger partial charge in [0.1, 0.15) is 11.4 Å². The number of phenols is 1. The Morgan fingerprint density at radius 1 is 1.10 bits per heavy atom. The van der Waals surface area contributed by atoms with Gasteiger partial charge in [-0.1, -0.05) is 35.9 Å². The van der Waals surface area contributed by atoms with E-state index in [9.17, 15) is 9.90 Å². The van der Waals surface area contributed by atoms with E-state index in [2.05, 4.69) is 17.4 Å². The highest BCUT2D eigenvalue weighted by Gasteiger charge is 2.22. The molecule has 1 aliphatic carbocycles. The average molecular weight is 414 g/mol. The van der Waals surface area contributed by atoms with Gasteiger partial charge in [0.25, 0.3) is 0 Å². The molecule has 0 atom stereocenters. The second-order valence-corrected chi connectivity index (χ2v) is 8.20. The van der Waals surface area contributed by atoms with Crippen molar-refractivity contribution >= 4 is 17.8 Å². The second kappa shape index (κ2) is 9.13. The number of amides is 1. The Hall–Kier alpha value is -3.47. The molecule has 1 heterocycles. The van der Waals surface area contributed by atoms with E-state index in [1.54, 1.807) is 12.1 Å². The van der Waals surface area contributed by atoms with Gasteiger partial charge in [0, 0.05) is 12.0 Å². The van der Waals surface area contributed by atoms with Gasteiger partial charge in [0.15, 0.2) is 5.82 Å². The molecule has 0 bridgehead atoms. The summed E-state index contributed by atoms with van der Waals surface area (Å²) in [5, 5.41) is 12.8. The third kappa shape index (κ3) is 5.00. The molecule has 0 spiro atoms. The van der Waals surface area contributed by atoms with Crippen LogP contribution in [0.15, 0.2) is 54.1 Å². The first kappa shape index (κ1) is 20.8. The molecule has 0 unspecified atom stereocenters. The molecule has 0 fully saturated rings. The smallest absolute Gasteiger partial charge is 0.225 e.